The van der Waals surface area contributed by atoms with E-state index in [1.807, 2.05) is 0 Å². The highest BCUT2D eigenvalue weighted by Gasteiger charge is 2.24. The molecule has 1 aromatic carbocycles. The second-order valence-corrected chi connectivity index (χ2v) is 5.61. The average Bonchev–Trinajstić information content (AvgIpc) is 3.26. The number of hydrogen-bond donors (Lipinski definition) is 2. The standard InChI is InChI=1S/C14H12Cl2N4O/c15-8-1-4-11(10(16)7-8)19-14-17-6-5-12(20-14)13(21)18-9-2-3-9/h1,4-7,9H,2-3H2,(H,18,21)(H,17,19,20). The highest BCUT2D eigenvalue weighted by Crippen LogP contribution is 2.27. The van der Waals surface area contributed by atoms with Gasteiger partial charge in [0.15, 0.2) is 0 Å². The van der Waals surface area contributed by atoms with Crippen molar-refractivity contribution in [3.05, 3.63) is 46.2 Å². The zero-order valence-electron chi connectivity index (χ0n) is 10.9. The van der Waals surface area contributed by atoms with Crippen LogP contribution in [0.5, 0.6) is 0 Å². The molecule has 0 radical (unpaired) electrons. The molecule has 0 spiro atoms. The number of hydrogen-bond acceptors (Lipinski definition) is 4. The van der Waals surface area contributed by atoms with E-state index in [0.29, 0.717) is 27.4 Å². The molecule has 0 saturated heterocycles. The first kappa shape index (κ1) is 14.1. The number of aromatic nitrogens is 2. The van der Waals surface area contributed by atoms with Crippen LogP contribution in [0, 0.1) is 0 Å². The average molecular weight is 323 g/mol. The first-order valence-electron chi connectivity index (χ1n) is 6.48. The van der Waals surface area contributed by atoms with Gasteiger partial charge in [-0.3, -0.25) is 4.79 Å². The van der Waals surface area contributed by atoms with Crippen LogP contribution in [-0.2, 0) is 0 Å². The summed E-state index contributed by atoms with van der Waals surface area (Å²) < 4.78 is 0. The topological polar surface area (TPSA) is 66.9 Å². The van der Waals surface area contributed by atoms with Crippen molar-refractivity contribution in [3.63, 3.8) is 0 Å². The Morgan fingerprint density at radius 3 is 2.76 bits per heavy atom. The normalized spacial score (nSPS) is 13.8. The predicted molar refractivity (Wildman–Crippen MR) is 82.3 cm³/mol. The number of anilines is 2. The van der Waals surface area contributed by atoms with Gasteiger partial charge in [0.2, 0.25) is 5.95 Å². The summed E-state index contributed by atoms with van der Waals surface area (Å²) in [6, 6.07) is 6.92. The second kappa shape index (κ2) is 5.87. The fourth-order valence-electron chi connectivity index (χ4n) is 1.74. The zero-order valence-corrected chi connectivity index (χ0v) is 12.4. The van der Waals surface area contributed by atoms with Crippen molar-refractivity contribution in [2.75, 3.05) is 5.32 Å². The zero-order chi connectivity index (χ0) is 14.8. The van der Waals surface area contributed by atoms with E-state index in [2.05, 4.69) is 20.6 Å². The number of rotatable bonds is 4. The molecule has 0 atom stereocenters. The number of halogens is 2. The molecule has 108 valence electrons. The third kappa shape index (κ3) is 3.62. The van der Waals surface area contributed by atoms with Crippen molar-refractivity contribution in [2.45, 2.75) is 18.9 Å². The van der Waals surface area contributed by atoms with Crippen LogP contribution < -0.4 is 10.6 Å². The van der Waals surface area contributed by atoms with E-state index < -0.39 is 0 Å². The van der Waals surface area contributed by atoms with Crippen LogP contribution in [0.3, 0.4) is 0 Å². The molecule has 5 nitrogen and oxygen atoms in total. The summed E-state index contributed by atoms with van der Waals surface area (Å²) >= 11 is 11.9. The molecule has 0 unspecified atom stereocenters. The lowest BCUT2D eigenvalue weighted by molar-refractivity contribution is 0.0946. The van der Waals surface area contributed by atoms with Crippen LogP contribution in [-0.4, -0.2) is 21.9 Å². The van der Waals surface area contributed by atoms with Crippen LogP contribution in [0.4, 0.5) is 11.6 Å². The fourth-order valence-corrected chi connectivity index (χ4v) is 2.20. The minimum atomic E-state index is -0.190. The molecule has 21 heavy (non-hydrogen) atoms. The molecule has 0 bridgehead atoms. The highest BCUT2D eigenvalue weighted by atomic mass is 35.5. The van der Waals surface area contributed by atoms with E-state index in [4.69, 9.17) is 23.2 Å². The Labute approximate surface area is 131 Å². The Morgan fingerprint density at radius 1 is 1.24 bits per heavy atom. The molecule has 1 saturated carbocycles. The van der Waals surface area contributed by atoms with Crippen LogP contribution >= 0.6 is 23.2 Å². The van der Waals surface area contributed by atoms with Gasteiger partial charge in [-0.05, 0) is 37.1 Å². The Bertz CT molecular complexity index is 688. The van der Waals surface area contributed by atoms with Gasteiger partial charge in [0, 0.05) is 17.3 Å². The molecule has 1 heterocycles. The van der Waals surface area contributed by atoms with Crippen molar-refractivity contribution in [1.29, 1.82) is 0 Å². The van der Waals surface area contributed by atoms with Gasteiger partial charge >= 0.3 is 0 Å². The molecule has 1 aliphatic carbocycles. The maximum atomic E-state index is 11.9. The lowest BCUT2D eigenvalue weighted by atomic mass is 10.3. The van der Waals surface area contributed by atoms with E-state index in [1.165, 1.54) is 6.20 Å². The van der Waals surface area contributed by atoms with Gasteiger partial charge in [-0.1, -0.05) is 23.2 Å². The quantitative estimate of drug-likeness (QED) is 0.905. The maximum Gasteiger partial charge on any atom is 0.270 e. The SMILES string of the molecule is O=C(NC1CC1)c1ccnc(Nc2ccc(Cl)cc2Cl)n1. The van der Waals surface area contributed by atoms with Crippen molar-refractivity contribution < 1.29 is 4.79 Å². The smallest absolute Gasteiger partial charge is 0.270 e. The molecule has 7 heteroatoms. The van der Waals surface area contributed by atoms with E-state index in [0.717, 1.165) is 12.8 Å². The van der Waals surface area contributed by atoms with Gasteiger partial charge in [-0.15, -0.1) is 0 Å². The second-order valence-electron chi connectivity index (χ2n) is 4.76. The molecule has 2 N–H and O–H groups in total. The molecular formula is C14H12Cl2N4O. The lowest BCUT2D eigenvalue weighted by Crippen LogP contribution is -2.26. The number of nitrogens with one attached hydrogen (secondary N) is 2. The van der Waals surface area contributed by atoms with Crippen LogP contribution in [0.1, 0.15) is 23.3 Å². The first-order chi connectivity index (χ1) is 10.1. The molecule has 1 aliphatic rings. The minimum absolute atomic E-state index is 0.190. The van der Waals surface area contributed by atoms with Gasteiger partial charge in [0.1, 0.15) is 5.69 Å². The summed E-state index contributed by atoms with van der Waals surface area (Å²) in [5.41, 5.74) is 0.949. The number of carbonyl (C=O) groups is 1. The summed E-state index contributed by atoms with van der Waals surface area (Å²) in [7, 11) is 0. The van der Waals surface area contributed by atoms with Crippen molar-refractivity contribution in [1.82, 2.24) is 15.3 Å². The summed E-state index contributed by atoms with van der Waals surface area (Å²) in [5.74, 6) is 0.118. The third-order valence-corrected chi connectivity index (χ3v) is 3.53. The van der Waals surface area contributed by atoms with Gasteiger partial charge in [0.25, 0.3) is 5.91 Å². The molecule has 1 amide bonds. The molecule has 1 aromatic heterocycles. The molecule has 0 aliphatic heterocycles. The van der Waals surface area contributed by atoms with Crippen LogP contribution in [0.15, 0.2) is 30.5 Å². The lowest BCUT2D eigenvalue weighted by Gasteiger charge is -2.08. The van der Waals surface area contributed by atoms with E-state index in [-0.39, 0.29) is 11.9 Å². The number of benzene rings is 1. The molecule has 1 fully saturated rings. The van der Waals surface area contributed by atoms with Crippen molar-refractivity contribution in [2.24, 2.45) is 0 Å². The van der Waals surface area contributed by atoms with E-state index in [9.17, 15) is 4.79 Å². The Hall–Kier alpha value is -1.85. The van der Waals surface area contributed by atoms with E-state index >= 15 is 0 Å². The van der Waals surface area contributed by atoms with Crippen molar-refractivity contribution in [3.8, 4) is 0 Å². The summed E-state index contributed by atoms with van der Waals surface area (Å²) in [6.07, 6.45) is 3.59. The summed E-state index contributed by atoms with van der Waals surface area (Å²) in [5, 5.41) is 6.85. The monoisotopic (exact) mass is 322 g/mol. The predicted octanol–water partition coefficient (Wildman–Crippen LogP) is 3.42. The van der Waals surface area contributed by atoms with Gasteiger partial charge < -0.3 is 10.6 Å². The molecule has 2 aromatic rings. The highest BCUT2D eigenvalue weighted by molar-refractivity contribution is 6.36. The third-order valence-electron chi connectivity index (χ3n) is 2.98. The summed E-state index contributed by atoms with van der Waals surface area (Å²) in [4.78, 5) is 20.2. The Balaban J connectivity index is 1.77. The first-order valence-corrected chi connectivity index (χ1v) is 7.23. The van der Waals surface area contributed by atoms with Gasteiger partial charge in [-0.25, -0.2) is 9.97 Å². The van der Waals surface area contributed by atoms with E-state index in [1.54, 1.807) is 24.3 Å². The fraction of sp³-hybridized carbons (Fsp3) is 0.214. The van der Waals surface area contributed by atoms with Gasteiger partial charge in [0.05, 0.1) is 10.7 Å². The summed E-state index contributed by atoms with van der Waals surface area (Å²) in [6.45, 7) is 0. The van der Waals surface area contributed by atoms with Crippen molar-refractivity contribution >= 4 is 40.7 Å². The minimum Gasteiger partial charge on any atom is -0.348 e. The Kier molecular flexibility index (Phi) is 3.94. The Morgan fingerprint density at radius 2 is 2.05 bits per heavy atom. The maximum absolute atomic E-state index is 11.9. The number of nitrogens with zero attached hydrogens (tertiary/aromatic N) is 2. The molecule has 3 rings (SSSR count). The van der Waals surface area contributed by atoms with Crippen LogP contribution in [0.25, 0.3) is 0 Å². The largest absolute Gasteiger partial charge is 0.348 e. The number of carbonyl (C=O) groups excluding carboxylic acids is 1. The molecular weight excluding hydrogens is 311 g/mol. The number of amides is 1. The van der Waals surface area contributed by atoms with Crippen LogP contribution in [0.2, 0.25) is 10.0 Å². The van der Waals surface area contributed by atoms with Gasteiger partial charge in [-0.2, -0.15) is 0 Å².